The number of aromatic nitrogens is 4. The molecule has 214 valence electrons. The smallest absolute Gasteiger partial charge is 0.251 e. The molecule has 0 unspecified atom stereocenters. The summed E-state index contributed by atoms with van der Waals surface area (Å²) in [5, 5.41) is 20.2. The van der Waals surface area contributed by atoms with Gasteiger partial charge in [-0.25, -0.2) is 14.6 Å². The first-order valence-electron chi connectivity index (χ1n) is 13.5. The van der Waals surface area contributed by atoms with Crippen LogP contribution in [-0.4, -0.2) is 64.9 Å². The van der Waals surface area contributed by atoms with Crippen LogP contribution in [0.2, 0.25) is 0 Å². The zero-order valence-corrected chi connectivity index (χ0v) is 23.3. The summed E-state index contributed by atoms with van der Waals surface area (Å²) in [6, 6.07) is 19.4. The monoisotopic (exact) mass is 566 g/mol. The van der Waals surface area contributed by atoms with E-state index in [1.54, 1.807) is 46.1 Å². The van der Waals surface area contributed by atoms with Crippen LogP contribution in [0.1, 0.15) is 34.7 Å². The fourth-order valence-corrected chi connectivity index (χ4v) is 4.65. The second-order valence-corrected chi connectivity index (χ2v) is 9.55. The molecule has 2 amide bonds. The van der Waals surface area contributed by atoms with Gasteiger partial charge >= 0.3 is 0 Å². The number of carbonyl (C=O) groups excluding carboxylic acids is 2. The van der Waals surface area contributed by atoms with E-state index in [4.69, 9.17) is 19.6 Å². The van der Waals surface area contributed by atoms with Crippen LogP contribution in [0.15, 0.2) is 66.9 Å². The van der Waals surface area contributed by atoms with Gasteiger partial charge in [0, 0.05) is 30.4 Å². The van der Waals surface area contributed by atoms with Crippen LogP contribution < -0.4 is 25.0 Å². The van der Waals surface area contributed by atoms with Crippen molar-refractivity contribution in [2.24, 2.45) is 0 Å². The van der Waals surface area contributed by atoms with Crippen LogP contribution in [0.3, 0.4) is 0 Å². The number of carbonyl (C=O) groups is 2. The van der Waals surface area contributed by atoms with E-state index in [-0.39, 0.29) is 38.1 Å². The highest BCUT2D eigenvalue weighted by Crippen LogP contribution is 2.28. The molecule has 1 aliphatic rings. The number of amides is 2. The molecule has 0 fully saturated rings. The molecule has 12 heteroatoms. The van der Waals surface area contributed by atoms with Crippen molar-refractivity contribution in [2.75, 3.05) is 38.3 Å². The molecule has 42 heavy (non-hydrogen) atoms. The van der Waals surface area contributed by atoms with Crippen LogP contribution in [-0.2, 0) is 11.3 Å². The Labute approximate surface area is 242 Å². The van der Waals surface area contributed by atoms with Crippen molar-refractivity contribution >= 4 is 17.6 Å². The Hall–Kier alpha value is -5.44. The Bertz CT molecular complexity index is 1620. The summed E-state index contributed by atoms with van der Waals surface area (Å²) < 4.78 is 13.2. The van der Waals surface area contributed by atoms with E-state index in [1.807, 2.05) is 37.3 Å². The summed E-state index contributed by atoms with van der Waals surface area (Å²) in [7, 11) is 1.53. The second kappa shape index (κ2) is 12.8. The normalized spacial score (nSPS) is 16.2. The number of rotatable bonds is 3. The van der Waals surface area contributed by atoms with Gasteiger partial charge in [-0.2, -0.15) is 10.4 Å². The lowest BCUT2D eigenvalue weighted by Gasteiger charge is -2.25. The van der Waals surface area contributed by atoms with Crippen LogP contribution >= 0.6 is 0 Å². The number of anilines is 1. The highest BCUT2D eigenvalue weighted by atomic mass is 16.5. The van der Waals surface area contributed by atoms with Crippen molar-refractivity contribution in [3.8, 4) is 29.0 Å². The predicted molar refractivity (Wildman–Crippen MR) is 154 cm³/mol. The number of benzene rings is 2. The highest BCUT2D eigenvalue weighted by molar-refractivity contribution is 5.95. The van der Waals surface area contributed by atoms with Crippen molar-refractivity contribution in [2.45, 2.75) is 19.5 Å². The molecule has 2 aromatic carbocycles. The number of nitrogens with zero attached hydrogens (tertiary/aromatic N) is 6. The number of nitriles is 1. The molecule has 0 aliphatic carbocycles. The number of ether oxygens (including phenoxy) is 2. The molecule has 0 radical (unpaired) electrons. The maximum Gasteiger partial charge on any atom is 0.251 e. The molecule has 3 heterocycles. The third-order valence-electron chi connectivity index (χ3n) is 6.69. The number of pyridine rings is 1. The maximum absolute atomic E-state index is 13.3. The molecule has 12 nitrogen and oxygen atoms in total. The van der Waals surface area contributed by atoms with E-state index >= 15 is 0 Å². The van der Waals surface area contributed by atoms with Crippen molar-refractivity contribution in [3.63, 3.8) is 0 Å². The average Bonchev–Trinajstić information content (AvgIpc) is 3.45. The third-order valence-corrected chi connectivity index (χ3v) is 6.69. The zero-order chi connectivity index (χ0) is 29.5. The van der Waals surface area contributed by atoms with Crippen molar-refractivity contribution in [3.05, 3.63) is 83.8 Å². The molecule has 1 atom stereocenters. The molecule has 2 aromatic heterocycles. The van der Waals surface area contributed by atoms with Gasteiger partial charge in [0.05, 0.1) is 31.8 Å². The highest BCUT2D eigenvalue weighted by Gasteiger charge is 2.23. The van der Waals surface area contributed by atoms with Crippen molar-refractivity contribution in [1.82, 2.24) is 30.4 Å². The summed E-state index contributed by atoms with van der Waals surface area (Å²) in [5.74, 6) is 1.69. The van der Waals surface area contributed by atoms with Gasteiger partial charge in [0.15, 0.2) is 17.3 Å². The van der Waals surface area contributed by atoms with Gasteiger partial charge in [-0.3, -0.25) is 9.59 Å². The van der Waals surface area contributed by atoms with Crippen molar-refractivity contribution < 1.29 is 19.1 Å². The maximum atomic E-state index is 13.3. The Kier molecular flexibility index (Phi) is 8.58. The first-order valence-corrected chi connectivity index (χ1v) is 13.5. The van der Waals surface area contributed by atoms with E-state index in [0.717, 1.165) is 5.56 Å². The standard InChI is InChI=1S/C30H30N8O4/c1-20-28-35-27(21-7-4-3-5-8-21)36-38(28)15-16-42-25-17-22(10-11-24(25)41-2)30(40)33-13-14-37(19-26(39)34-20)29-23(18-31)9-6-12-32-29/h3-12,17,20H,13-16,19H2,1-2H3,(H,33,40)(H,34,39)/t20-/m1/s1. The lowest BCUT2D eigenvalue weighted by atomic mass is 10.2. The molecule has 0 saturated heterocycles. The van der Waals surface area contributed by atoms with Crippen LogP contribution in [0, 0.1) is 11.3 Å². The number of hydrogen-bond acceptors (Lipinski definition) is 9. The molecule has 2 bridgehead atoms. The summed E-state index contributed by atoms with van der Waals surface area (Å²) in [6.07, 6.45) is 1.56. The lowest BCUT2D eigenvalue weighted by molar-refractivity contribution is -0.120. The van der Waals surface area contributed by atoms with E-state index in [9.17, 15) is 14.9 Å². The van der Waals surface area contributed by atoms with Gasteiger partial charge < -0.3 is 25.0 Å². The van der Waals surface area contributed by atoms with E-state index < -0.39 is 6.04 Å². The summed E-state index contributed by atoms with van der Waals surface area (Å²) in [6.45, 7) is 2.69. The van der Waals surface area contributed by atoms with Gasteiger partial charge in [0.1, 0.15) is 24.3 Å². The summed E-state index contributed by atoms with van der Waals surface area (Å²) in [4.78, 5) is 37.1. The average molecular weight is 567 g/mol. The number of methoxy groups -OCH3 is 1. The first-order chi connectivity index (χ1) is 20.5. The van der Waals surface area contributed by atoms with Crippen molar-refractivity contribution in [1.29, 1.82) is 5.26 Å². The van der Waals surface area contributed by atoms with Gasteiger partial charge in [0.25, 0.3) is 5.91 Å². The summed E-state index contributed by atoms with van der Waals surface area (Å²) in [5.41, 5.74) is 1.54. The zero-order valence-electron chi connectivity index (χ0n) is 23.3. The van der Waals surface area contributed by atoms with Crippen LogP contribution in [0.25, 0.3) is 11.4 Å². The molecule has 5 rings (SSSR count). The van der Waals surface area contributed by atoms with E-state index in [1.165, 1.54) is 7.11 Å². The molecule has 4 aromatic rings. The topological polar surface area (TPSA) is 147 Å². The fourth-order valence-electron chi connectivity index (χ4n) is 4.65. The minimum atomic E-state index is -0.503. The van der Waals surface area contributed by atoms with Crippen LogP contribution in [0.4, 0.5) is 5.82 Å². The third kappa shape index (κ3) is 6.31. The second-order valence-electron chi connectivity index (χ2n) is 9.55. The van der Waals surface area contributed by atoms with E-state index in [0.29, 0.717) is 46.6 Å². The SMILES string of the molecule is COc1ccc2cc1OCCn1nc(-c3ccccc3)nc1[C@@H](C)NC(=O)CN(c1ncccc1C#N)CCNC2=O. The number of nitrogens with one attached hydrogen (secondary N) is 2. The Morgan fingerprint density at radius 2 is 1.90 bits per heavy atom. The number of hydrogen-bond donors (Lipinski definition) is 2. The molecular weight excluding hydrogens is 536 g/mol. The molecule has 2 N–H and O–H groups in total. The number of fused-ring (bicyclic) bond motifs is 3. The molecular formula is C30H30N8O4. The fraction of sp³-hybridized carbons (Fsp3) is 0.267. The van der Waals surface area contributed by atoms with Gasteiger partial charge in [-0.15, -0.1) is 0 Å². The van der Waals surface area contributed by atoms with Crippen LogP contribution in [0.5, 0.6) is 11.5 Å². The van der Waals surface area contributed by atoms with Gasteiger partial charge in [-0.1, -0.05) is 30.3 Å². The molecule has 0 saturated carbocycles. The quantitative estimate of drug-likeness (QED) is 0.382. The lowest BCUT2D eigenvalue weighted by Crippen LogP contribution is -2.43. The Balaban J connectivity index is 1.51. The minimum Gasteiger partial charge on any atom is -0.493 e. The first kappa shape index (κ1) is 28.1. The molecule has 0 spiro atoms. The Morgan fingerprint density at radius 3 is 2.69 bits per heavy atom. The minimum absolute atomic E-state index is 0.0959. The van der Waals surface area contributed by atoms with E-state index in [2.05, 4.69) is 21.7 Å². The van der Waals surface area contributed by atoms with Gasteiger partial charge in [0.2, 0.25) is 5.91 Å². The largest absolute Gasteiger partial charge is 0.493 e. The molecule has 1 aliphatic heterocycles. The predicted octanol–water partition coefficient (Wildman–Crippen LogP) is 2.73. The Morgan fingerprint density at radius 1 is 1.07 bits per heavy atom. The summed E-state index contributed by atoms with van der Waals surface area (Å²) >= 11 is 0. The van der Waals surface area contributed by atoms with Gasteiger partial charge in [-0.05, 0) is 37.3 Å².